The van der Waals surface area contributed by atoms with Gasteiger partial charge in [-0.1, -0.05) is 42.8 Å². The molecule has 2 aliphatic rings. The van der Waals surface area contributed by atoms with E-state index in [9.17, 15) is 9.59 Å². The standard InChI is InChI=1S/C25H26ClNO3S2/c1-3-31-12-10-30-25(29)22-15(2)27-19-13-16(21-9-6-11-32-21)14-20(28)24(19)23(22)17-7-4-5-8-18(17)26/h4-9,11,16,23,27H,3,10,12-14H2,1-2H3/t16-,23+/m1/s1. The number of benzene rings is 1. The molecule has 4 rings (SSSR count). The van der Waals surface area contributed by atoms with Crippen LogP contribution in [-0.4, -0.2) is 29.9 Å². The van der Waals surface area contributed by atoms with Crippen molar-refractivity contribution in [2.45, 2.75) is 38.5 Å². The first-order valence-electron chi connectivity index (χ1n) is 10.8. The fourth-order valence-corrected chi connectivity index (χ4v) is 6.04. The molecule has 0 amide bonds. The second-order valence-corrected chi connectivity index (χ2v) is 10.7. The van der Waals surface area contributed by atoms with Gasteiger partial charge >= 0.3 is 5.97 Å². The van der Waals surface area contributed by atoms with Crippen molar-refractivity contribution in [3.05, 3.63) is 79.8 Å². The minimum Gasteiger partial charge on any atom is -0.461 e. The quantitative estimate of drug-likeness (QED) is 0.380. The van der Waals surface area contributed by atoms with Gasteiger partial charge in [0.1, 0.15) is 6.61 Å². The van der Waals surface area contributed by atoms with Crippen molar-refractivity contribution < 1.29 is 14.3 Å². The normalized spacial score (nSPS) is 20.8. The molecule has 0 spiro atoms. The molecule has 0 saturated heterocycles. The van der Waals surface area contributed by atoms with E-state index in [-0.39, 0.29) is 11.7 Å². The number of carbonyl (C=O) groups excluding carboxylic acids is 2. The van der Waals surface area contributed by atoms with E-state index in [4.69, 9.17) is 16.3 Å². The molecule has 0 unspecified atom stereocenters. The van der Waals surface area contributed by atoms with Crippen LogP contribution in [0.5, 0.6) is 0 Å². The van der Waals surface area contributed by atoms with Gasteiger partial charge < -0.3 is 10.1 Å². The fraction of sp³-hybridized carbons (Fsp3) is 0.360. The number of halogens is 1. The summed E-state index contributed by atoms with van der Waals surface area (Å²) in [6.45, 7) is 4.29. The zero-order chi connectivity index (χ0) is 22.7. The van der Waals surface area contributed by atoms with E-state index in [0.29, 0.717) is 29.2 Å². The third-order valence-corrected chi connectivity index (χ3v) is 8.12. The number of hydrogen-bond donors (Lipinski definition) is 1. The molecule has 2 aromatic rings. The van der Waals surface area contributed by atoms with E-state index in [1.165, 1.54) is 4.88 Å². The molecular weight excluding hydrogens is 462 g/mol. The Labute approximate surface area is 202 Å². The van der Waals surface area contributed by atoms with Crippen LogP contribution in [0.15, 0.2) is 64.3 Å². The van der Waals surface area contributed by atoms with Gasteiger partial charge in [0.15, 0.2) is 5.78 Å². The van der Waals surface area contributed by atoms with Crippen molar-refractivity contribution >= 4 is 46.5 Å². The third kappa shape index (κ3) is 4.68. The van der Waals surface area contributed by atoms with Crippen LogP contribution in [0.25, 0.3) is 0 Å². The van der Waals surface area contributed by atoms with Gasteiger partial charge in [-0.05, 0) is 42.2 Å². The van der Waals surface area contributed by atoms with Crippen LogP contribution in [-0.2, 0) is 14.3 Å². The molecule has 0 bridgehead atoms. The number of dihydropyridines is 1. The Morgan fingerprint density at radius 1 is 1.25 bits per heavy atom. The molecule has 1 aliphatic heterocycles. The SMILES string of the molecule is CCSCCOC(=O)C1=C(C)NC2=C(C(=O)C[C@H](c3cccs3)C2)[C@H]1c1ccccc1Cl. The highest BCUT2D eigenvalue weighted by Gasteiger charge is 2.42. The van der Waals surface area contributed by atoms with E-state index in [1.807, 2.05) is 36.6 Å². The van der Waals surface area contributed by atoms with Crippen molar-refractivity contribution in [1.82, 2.24) is 5.32 Å². The monoisotopic (exact) mass is 487 g/mol. The Hall–Kier alpha value is -2.02. The minimum atomic E-state index is -0.525. The number of ether oxygens (including phenoxy) is 1. The van der Waals surface area contributed by atoms with Crippen LogP contribution < -0.4 is 5.32 Å². The zero-order valence-electron chi connectivity index (χ0n) is 18.2. The van der Waals surface area contributed by atoms with Crippen molar-refractivity contribution in [1.29, 1.82) is 0 Å². The van der Waals surface area contributed by atoms with Crippen LogP contribution >= 0.6 is 34.7 Å². The Kier molecular flexibility index (Phi) is 7.44. The molecule has 1 aromatic heterocycles. The number of allylic oxidation sites excluding steroid dienone is 3. The molecule has 32 heavy (non-hydrogen) atoms. The van der Waals surface area contributed by atoms with Crippen molar-refractivity contribution in [3.63, 3.8) is 0 Å². The number of hydrogen-bond acceptors (Lipinski definition) is 6. The lowest BCUT2D eigenvalue weighted by molar-refractivity contribution is -0.138. The minimum absolute atomic E-state index is 0.0569. The second kappa shape index (κ2) is 10.3. The van der Waals surface area contributed by atoms with Crippen LogP contribution in [0.2, 0.25) is 5.02 Å². The molecule has 2 heterocycles. The van der Waals surface area contributed by atoms with Crippen molar-refractivity contribution in [3.8, 4) is 0 Å². The van der Waals surface area contributed by atoms with Gasteiger partial charge in [0.05, 0.1) is 5.57 Å². The maximum atomic E-state index is 13.5. The first-order valence-corrected chi connectivity index (χ1v) is 13.2. The van der Waals surface area contributed by atoms with Gasteiger partial charge in [-0.3, -0.25) is 4.79 Å². The number of thiophene rings is 1. The summed E-state index contributed by atoms with van der Waals surface area (Å²) in [5.74, 6) is 1.00. The van der Waals surface area contributed by atoms with Crippen LogP contribution in [0, 0.1) is 0 Å². The number of carbonyl (C=O) groups is 2. The molecule has 0 radical (unpaired) electrons. The lowest BCUT2D eigenvalue weighted by Gasteiger charge is -2.36. The highest BCUT2D eigenvalue weighted by atomic mass is 35.5. The van der Waals surface area contributed by atoms with Crippen LogP contribution in [0.4, 0.5) is 0 Å². The second-order valence-electron chi connectivity index (χ2n) is 7.89. The number of ketones is 1. The van der Waals surface area contributed by atoms with Gasteiger partial charge in [-0.25, -0.2) is 4.79 Å². The molecule has 1 aromatic carbocycles. The summed E-state index contributed by atoms with van der Waals surface area (Å²) in [6, 6.07) is 11.6. The summed E-state index contributed by atoms with van der Waals surface area (Å²) >= 11 is 9.98. The van der Waals surface area contributed by atoms with Gasteiger partial charge in [0.25, 0.3) is 0 Å². The van der Waals surface area contributed by atoms with Crippen molar-refractivity contribution in [2.75, 3.05) is 18.1 Å². The Bertz CT molecular complexity index is 1070. The Balaban J connectivity index is 1.73. The molecular formula is C25H26ClNO3S2. The molecule has 2 atom stereocenters. The predicted molar refractivity (Wildman–Crippen MR) is 132 cm³/mol. The van der Waals surface area contributed by atoms with Gasteiger partial charge in [-0.15, -0.1) is 11.3 Å². The maximum Gasteiger partial charge on any atom is 0.336 e. The number of thioether (sulfide) groups is 1. The highest BCUT2D eigenvalue weighted by molar-refractivity contribution is 7.99. The first kappa shape index (κ1) is 23.1. The van der Waals surface area contributed by atoms with Crippen molar-refractivity contribution in [2.24, 2.45) is 0 Å². The Morgan fingerprint density at radius 2 is 2.06 bits per heavy atom. The summed E-state index contributed by atoms with van der Waals surface area (Å²) in [5.41, 5.74) is 3.49. The average molecular weight is 488 g/mol. The zero-order valence-corrected chi connectivity index (χ0v) is 20.5. The van der Waals surface area contributed by atoms with E-state index in [0.717, 1.165) is 34.9 Å². The molecule has 1 aliphatic carbocycles. The summed E-state index contributed by atoms with van der Waals surface area (Å²) in [7, 11) is 0. The Morgan fingerprint density at radius 3 is 2.78 bits per heavy atom. The number of nitrogens with one attached hydrogen (secondary N) is 1. The van der Waals surface area contributed by atoms with Gasteiger partial charge in [0.2, 0.25) is 0 Å². The first-order chi connectivity index (χ1) is 15.5. The van der Waals surface area contributed by atoms with E-state index < -0.39 is 11.9 Å². The lowest BCUT2D eigenvalue weighted by atomic mass is 9.72. The molecule has 1 N–H and O–H groups in total. The number of esters is 1. The molecule has 0 saturated carbocycles. The summed E-state index contributed by atoms with van der Waals surface area (Å²) in [5, 5.41) is 5.97. The smallest absolute Gasteiger partial charge is 0.336 e. The van der Waals surface area contributed by atoms with Gasteiger partial charge in [-0.2, -0.15) is 11.8 Å². The summed E-state index contributed by atoms with van der Waals surface area (Å²) in [4.78, 5) is 27.9. The van der Waals surface area contributed by atoms with E-state index >= 15 is 0 Å². The maximum absolute atomic E-state index is 13.5. The molecule has 4 nitrogen and oxygen atoms in total. The number of Topliss-reactive ketones (excluding diaryl/α,β-unsaturated/α-hetero) is 1. The highest BCUT2D eigenvalue weighted by Crippen LogP contribution is 2.47. The summed E-state index contributed by atoms with van der Waals surface area (Å²) < 4.78 is 5.61. The fourth-order valence-electron chi connectivity index (χ4n) is 4.47. The van der Waals surface area contributed by atoms with Gasteiger partial charge in [0, 0.05) is 50.9 Å². The van der Waals surface area contributed by atoms with E-state index in [1.54, 1.807) is 29.2 Å². The largest absolute Gasteiger partial charge is 0.461 e. The van der Waals surface area contributed by atoms with E-state index in [2.05, 4.69) is 18.3 Å². The lowest BCUT2D eigenvalue weighted by Crippen LogP contribution is -2.36. The third-order valence-electron chi connectivity index (χ3n) is 5.87. The topological polar surface area (TPSA) is 55.4 Å². The van der Waals surface area contributed by atoms with Crippen LogP contribution in [0.3, 0.4) is 0 Å². The molecule has 7 heteroatoms. The molecule has 0 fully saturated rings. The average Bonchev–Trinajstić information content (AvgIpc) is 3.31. The molecule has 168 valence electrons. The summed E-state index contributed by atoms with van der Waals surface area (Å²) in [6.07, 6.45) is 1.16. The van der Waals surface area contributed by atoms with Crippen LogP contribution in [0.1, 0.15) is 49.0 Å². The number of rotatable bonds is 7. The predicted octanol–water partition coefficient (Wildman–Crippen LogP) is 6.06.